The zero-order valence-corrected chi connectivity index (χ0v) is 25.6. The average molecular weight is 564 g/mol. The number of unbranched alkanes of at least 4 members (excludes halogenated alkanes) is 14. The van der Waals surface area contributed by atoms with Crippen LogP contribution in [-0.4, -0.2) is 25.3 Å². The van der Waals surface area contributed by atoms with E-state index in [1.54, 1.807) is 11.3 Å². The molecular formula is C31H49NO2S3. The van der Waals surface area contributed by atoms with Crippen LogP contribution < -0.4 is 0 Å². The van der Waals surface area contributed by atoms with E-state index in [2.05, 4.69) is 19.9 Å². The number of hydrogen-bond acceptors (Lipinski definition) is 4. The molecule has 37 heavy (non-hydrogen) atoms. The molecule has 0 radical (unpaired) electrons. The molecule has 3 nitrogen and oxygen atoms in total. The Balaban J connectivity index is 2.15. The fourth-order valence-electron chi connectivity index (χ4n) is 5.44. The van der Waals surface area contributed by atoms with E-state index in [1.165, 1.54) is 77.0 Å². The summed E-state index contributed by atoms with van der Waals surface area (Å²) < 4.78 is 1.07. The van der Waals surface area contributed by atoms with Crippen molar-refractivity contribution >= 4 is 56.1 Å². The number of nitrogens with zero attached hydrogens (tertiary/aromatic N) is 1. The molecule has 1 aromatic carbocycles. The van der Waals surface area contributed by atoms with Crippen molar-refractivity contribution in [3.8, 4) is 0 Å². The van der Waals surface area contributed by atoms with E-state index in [0.717, 1.165) is 47.3 Å². The van der Waals surface area contributed by atoms with E-state index in [1.807, 2.05) is 18.2 Å². The maximum absolute atomic E-state index is 11.1. The monoisotopic (exact) mass is 563 g/mol. The summed E-state index contributed by atoms with van der Waals surface area (Å²) in [6.07, 6.45) is 20.7. The zero-order chi connectivity index (χ0) is 26.9. The predicted molar refractivity (Wildman–Crippen MR) is 170 cm³/mol. The van der Waals surface area contributed by atoms with Gasteiger partial charge in [0.1, 0.15) is 10.4 Å². The molecule has 6 heteroatoms. The maximum atomic E-state index is 11.1. The highest BCUT2D eigenvalue weighted by Gasteiger charge is 2.48. The van der Waals surface area contributed by atoms with E-state index in [9.17, 15) is 10.2 Å². The van der Waals surface area contributed by atoms with E-state index in [-0.39, 0.29) is 10.1 Å². The lowest BCUT2D eigenvalue weighted by Gasteiger charge is -2.37. The fraction of sp³-hybridized carbons (Fsp3) is 0.710. The summed E-state index contributed by atoms with van der Waals surface area (Å²) in [5, 5.41) is 22.6. The first-order chi connectivity index (χ1) is 18.0. The lowest BCUT2D eigenvalue weighted by atomic mass is 9.70. The Morgan fingerprint density at radius 1 is 0.784 bits per heavy atom. The van der Waals surface area contributed by atoms with Gasteiger partial charge < -0.3 is 10.2 Å². The molecule has 208 valence electrons. The highest BCUT2D eigenvalue weighted by atomic mass is 32.1. The third kappa shape index (κ3) is 10.2. The summed E-state index contributed by atoms with van der Waals surface area (Å²) in [6.45, 7) is 4.49. The van der Waals surface area contributed by atoms with Gasteiger partial charge in [0.05, 0.1) is 10.2 Å². The lowest BCUT2D eigenvalue weighted by molar-refractivity contribution is 0.304. The van der Waals surface area contributed by atoms with Crippen molar-refractivity contribution in [1.82, 2.24) is 4.98 Å². The summed E-state index contributed by atoms with van der Waals surface area (Å²) in [4.78, 5) is 4.95. The summed E-state index contributed by atoms with van der Waals surface area (Å²) in [5.41, 5.74) is 0.00233. The van der Waals surface area contributed by atoms with Crippen LogP contribution in [-0.2, 0) is 5.41 Å². The number of aliphatic hydroxyl groups excluding tert-OH is 2. The standard InChI is InChI=1S/C31H49NO2S3/c1-3-5-7-9-11-13-15-17-21-25(28(33)35)31(30(34)36,24-20-16-14-12-10-8-6-4-2)29-32-26-22-18-19-23-27(26)37-29/h18-19,22-23,25H,3-17,20-21,24H2,1-2H3,(H,33,35)(H,34,36). The quantitative estimate of drug-likeness (QED) is 0.110. The van der Waals surface area contributed by atoms with Crippen LogP contribution in [0.1, 0.15) is 134 Å². The Labute approximate surface area is 240 Å². The fourth-order valence-corrected chi connectivity index (χ4v) is 7.41. The van der Waals surface area contributed by atoms with Gasteiger partial charge in [0, 0.05) is 5.92 Å². The number of fused-ring (bicyclic) bond motifs is 1. The van der Waals surface area contributed by atoms with Gasteiger partial charge in [0.25, 0.3) is 0 Å². The van der Waals surface area contributed by atoms with Gasteiger partial charge in [-0.2, -0.15) is 0 Å². The molecule has 2 unspecified atom stereocenters. The smallest absolute Gasteiger partial charge is 0.170 e. The van der Waals surface area contributed by atoms with Crippen molar-refractivity contribution in [3.63, 3.8) is 0 Å². The average Bonchev–Trinajstić information content (AvgIpc) is 3.32. The summed E-state index contributed by atoms with van der Waals surface area (Å²) in [7, 11) is 0. The second-order valence-corrected chi connectivity index (χ2v) is 12.5. The Kier molecular flexibility index (Phi) is 15.8. The number of aromatic nitrogens is 1. The van der Waals surface area contributed by atoms with Crippen molar-refractivity contribution in [2.24, 2.45) is 5.92 Å². The normalized spacial score (nSPS) is 14.0. The Hall–Kier alpha value is -1.11. The predicted octanol–water partition coefficient (Wildman–Crippen LogP) is 11.0. The Morgan fingerprint density at radius 2 is 1.30 bits per heavy atom. The van der Waals surface area contributed by atoms with Crippen molar-refractivity contribution in [3.05, 3.63) is 29.3 Å². The third-order valence-corrected chi connectivity index (χ3v) is 9.58. The van der Waals surface area contributed by atoms with Crippen LogP contribution in [0.3, 0.4) is 0 Å². The Bertz CT molecular complexity index is 895. The number of thiazole rings is 1. The van der Waals surface area contributed by atoms with Gasteiger partial charge in [-0.15, -0.1) is 11.3 Å². The minimum Gasteiger partial charge on any atom is -0.502 e. The van der Waals surface area contributed by atoms with Gasteiger partial charge in [-0.1, -0.05) is 129 Å². The minimum absolute atomic E-state index is 0.0434. The van der Waals surface area contributed by atoms with Crippen molar-refractivity contribution in [2.75, 3.05) is 0 Å². The molecule has 0 aliphatic heterocycles. The van der Waals surface area contributed by atoms with E-state index < -0.39 is 11.3 Å². The molecule has 0 saturated heterocycles. The van der Waals surface area contributed by atoms with Gasteiger partial charge in [0.15, 0.2) is 10.1 Å². The van der Waals surface area contributed by atoms with Crippen molar-refractivity contribution in [1.29, 1.82) is 0 Å². The maximum Gasteiger partial charge on any atom is 0.170 e. The Morgan fingerprint density at radius 3 is 1.81 bits per heavy atom. The highest BCUT2D eigenvalue weighted by Crippen LogP contribution is 2.45. The molecule has 2 N–H and O–H groups in total. The molecule has 0 aliphatic rings. The van der Waals surface area contributed by atoms with Crippen molar-refractivity contribution in [2.45, 2.75) is 135 Å². The molecule has 0 saturated carbocycles. The van der Waals surface area contributed by atoms with Crippen LogP contribution in [0.5, 0.6) is 0 Å². The number of aliphatic hydroxyl groups is 2. The number of hydrogen-bond donors (Lipinski definition) is 2. The van der Waals surface area contributed by atoms with Crippen LogP contribution in [0.4, 0.5) is 0 Å². The first-order valence-corrected chi connectivity index (χ1v) is 16.4. The molecule has 2 rings (SSSR count). The molecule has 0 spiro atoms. The largest absolute Gasteiger partial charge is 0.502 e. The van der Waals surface area contributed by atoms with Crippen LogP contribution >= 0.6 is 35.8 Å². The van der Waals surface area contributed by atoms with Crippen LogP contribution in [0.25, 0.3) is 10.2 Å². The number of rotatable bonds is 22. The first-order valence-electron chi connectivity index (χ1n) is 14.8. The lowest BCUT2D eigenvalue weighted by Crippen LogP contribution is -2.45. The second kappa shape index (κ2) is 18.2. The molecule has 0 aliphatic carbocycles. The zero-order valence-electron chi connectivity index (χ0n) is 23.2. The van der Waals surface area contributed by atoms with Gasteiger partial charge in [-0.05, 0) is 49.4 Å². The molecule has 1 heterocycles. The highest BCUT2D eigenvalue weighted by molar-refractivity contribution is 7.80. The summed E-state index contributed by atoms with van der Waals surface area (Å²) >= 11 is 12.6. The van der Waals surface area contributed by atoms with E-state index >= 15 is 0 Å². The molecule has 1 aromatic heterocycles. The van der Waals surface area contributed by atoms with Gasteiger partial charge in [0.2, 0.25) is 0 Å². The molecule has 0 fully saturated rings. The van der Waals surface area contributed by atoms with E-state index in [0.29, 0.717) is 6.42 Å². The van der Waals surface area contributed by atoms with Gasteiger partial charge in [-0.3, -0.25) is 0 Å². The van der Waals surface area contributed by atoms with Gasteiger partial charge in [-0.25, -0.2) is 4.98 Å². The van der Waals surface area contributed by atoms with Crippen LogP contribution in [0, 0.1) is 5.92 Å². The first kappa shape index (κ1) is 32.1. The second-order valence-electron chi connectivity index (χ2n) is 10.6. The number of benzene rings is 1. The minimum atomic E-state index is -0.909. The van der Waals surface area contributed by atoms with Crippen LogP contribution in [0.2, 0.25) is 0 Å². The molecule has 2 atom stereocenters. The topological polar surface area (TPSA) is 53.4 Å². The van der Waals surface area contributed by atoms with E-state index in [4.69, 9.17) is 29.4 Å². The molecule has 2 aromatic rings. The third-order valence-electron chi connectivity index (χ3n) is 7.72. The van der Waals surface area contributed by atoms with Crippen molar-refractivity contribution < 1.29 is 10.2 Å². The number of para-hydroxylation sites is 1. The van der Waals surface area contributed by atoms with Gasteiger partial charge >= 0.3 is 0 Å². The SMILES string of the molecule is CCCCCCCCCCC(C(O)=S)C(CCCCCCCCCC)(C(O)=S)c1nc2ccccc2s1. The molecular weight excluding hydrogens is 515 g/mol. The molecule has 0 amide bonds. The summed E-state index contributed by atoms with van der Waals surface area (Å²) in [6, 6.07) is 8.05. The van der Waals surface area contributed by atoms with Crippen LogP contribution in [0.15, 0.2) is 24.3 Å². The number of thiocarbonyl (C=S) groups is 2. The summed E-state index contributed by atoms with van der Waals surface area (Å²) in [5.74, 6) is -0.398. The molecule has 0 bridgehead atoms.